The summed E-state index contributed by atoms with van der Waals surface area (Å²) in [4.78, 5) is 2.57. The van der Waals surface area contributed by atoms with Crippen molar-refractivity contribution in [1.82, 2.24) is 10.2 Å². The van der Waals surface area contributed by atoms with Crippen LogP contribution in [-0.2, 0) is 16.4 Å². The molecule has 0 spiro atoms. The number of hydrogen-bond donors (Lipinski definition) is 1. The van der Waals surface area contributed by atoms with Crippen LogP contribution in [0.2, 0.25) is 0 Å². The van der Waals surface area contributed by atoms with Gasteiger partial charge in [-0.1, -0.05) is 12.1 Å². The molecule has 106 valence electrons. The Morgan fingerprint density at radius 2 is 2.00 bits per heavy atom. The van der Waals surface area contributed by atoms with Crippen molar-refractivity contribution in [2.75, 3.05) is 39.5 Å². The van der Waals surface area contributed by atoms with Crippen molar-refractivity contribution in [3.8, 4) is 5.75 Å². The van der Waals surface area contributed by atoms with E-state index in [1.807, 2.05) is 12.1 Å². The van der Waals surface area contributed by atoms with Gasteiger partial charge in [-0.25, -0.2) is 8.42 Å². The van der Waals surface area contributed by atoms with Crippen molar-refractivity contribution in [3.63, 3.8) is 0 Å². The van der Waals surface area contributed by atoms with Crippen LogP contribution in [0.4, 0.5) is 0 Å². The molecule has 5 nitrogen and oxygen atoms in total. The van der Waals surface area contributed by atoms with Gasteiger partial charge in [-0.05, 0) is 11.6 Å². The Balaban J connectivity index is 2.33. The van der Waals surface area contributed by atoms with Gasteiger partial charge < -0.3 is 10.1 Å². The van der Waals surface area contributed by atoms with Crippen molar-refractivity contribution >= 4 is 9.84 Å². The lowest BCUT2D eigenvalue weighted by Gasteiger charge is -2.28. The van der Waals surface area contributed by atoms with Crippen LogP contribution in [0.15, 0.2) is 23.1 Å². The fraction of sp³-hybridized carbons (Fsp3) is 0.538. The van der Waals surface area contributed by atoms with Gasteiger partial charge in [-0.15, -0.1) is 0 Å². The van der Waals surface area contributed by atoms with E-state index in [2.05, 4.69) is 10.2 Å². The Kier molecular flexibility index (Phi) is 4.44. The van der Waals surface area contributed by atoms with Gasteiger partial charge in [0.05, 0.1) is 7.11 Å². The first-order valence-electron chi connectivity index (χ1n) is 6.31. The molecule has 1 heterocycles. The normalized spacial score (nSPS) is 17.4. The van der Waals surface area contributed by atoms with Crippen LogP contribution >= 0.6 is 0 Å². The van der Waals surface area contributed by atoms with Crippen molar-refractivity contribution in [2.45, 2.75) is 11.4 Å². The Morgan fingerprint density at radius 3 is 2.58 bits per heavy atom. The molecule has 1 aromatic carbocycles. The molecular weight excluding hydrogens is 264 g/mol. The van der Waals surface area contributed by atoms with E-state index < -0.39 is 9.84 Å². The quantitative estimate of drug-likeness (QED) is 0.873. The number of rotatable bonds is 4. The van der Waals surface area contributed by atoms with E-state index >= 15 is 0 Å². The fourth-order valence-corrected chi connectivity index (χ4v) is 3.50. The van der Waals surface area contributed by atoms with E-state index in [9.17, 15) is 8.42 Å². The Hall–Kier alpha value is -1.11. The summed E-state index contributed by atoms with van der Waals surface area (Å²) in [6.45, 7) is 4.39. The van der Waals surface area contributed by atoms with Crippen LogP contribution in [0.1, 0.15) is 5.56 Å². The minimum atomic E-state index is -3.29. The number of methoxy groups -OCH3 is 1. The molecule has 0 amide bonds. The number of hydrogen-bond acceptors (Lipinski definition) is 5. The molecule has 0 aromatic heterocycles. The number of piperazine rings is 1. The monoisotopic (exact) mass is 284 g/mol. The third-order valence-corrected chi connectivity index (χ3v) is 4.46. The van der Waals surface area contributed by atoms with E-state index in [0.29, 0.717) is 17.2 Å². The van der Waals surface area contributed by atoms with Gasteiger partial charge in [-0.2, -0.15) is 0 Å². The lowest BCUT2D eigenvalue weighted by molar-refractivity contribution is 0.231. The highest BCUT2D eigenvalue weighted by Gasteiger charge is 2.21. The molecule has 1 saturated heterocycles. The standard InChI is InChI=1S/C13H20N2O3S/c1-18-12-5-3-4-11(13(12)19(2,16)17)10-15-8-6-14-7-9-15/h3-5,14H,6-10H2,1-2H3. The van der Waals surface area contributed by atoms with Gasteiger partial charge >= 0.3 is 0 Å². The maximum atomic E-state index is 12.0. The molecule has 0 saturated carbocycles. The van der Waals surface area contributed by atoms with Crippen LogP contribution in [0, 0.1) is 0 Å². The van der Waals surface area contributed by atoms with Crippen molar-refractivity contribution in [3.05, 3.63) is 23.8 Å². The molecule has 0 radical (unpaired) electrons. The zero-order valence-electron chi connectivity index (χ0n) is 11.3. The fourth-order valence-electron chi connectivity index (χ4n) is 2.38. The van der Waals surface area contributed by atoms with Crippen molar-refractivity contribution in [1.29, 1.82) is 0 Å². The van der Waals surface area contributed by atoms with E-state index in [1.54, 1.807) is 6.07 Å². The summed E-state index contributed by atoms with van der Waals surface area (Å²) >= 11 is 0. The van der Waals surface area contributed by atoms with Crippen LogP contribution in [-0.4, -0.2) is 52.9 Å². The molecule has 2 rings (SSSR count). The summed E-state index contributed by atoms with van der Waals surface area (Å²) < 4.78 is 29.1. The molecule has 0 bridgehead atoms. The van der Waals surface area contributed by atoms with Crippen molar-refractivity contribution < 1.29 is 13.2 Å². The molecular formula is C13H20N2O3S. The number of sulfone groups is 1. The number of ether oxygens (including phenoxy) is 1. The Bertz CT molecular complexity index is 537. The molecule has 0 aliphatic carbocycles. The van der Waals surface area contributed by atoms with E-state index in [1.165, 1.54) is 13.4 Å². The minimum Gasteiger partial charge on any atom is -0.495 e. The topological polar surface area (TPSA) is 58.6 Å². The smallest absolute Gasteiger partial charge is 0.179 e. The molecule has 19 heavy (non-hydrogen) atoms. The first-order valence-corrected chi connectivity index (χ1v) is 8.20. The predicted octanol–water partition coefficient (Wildman–Crippen LogP) is 0.504. The first-order chi connectivity index (χ1) is 9.02. The number of benzene rings is 1. The molecule has 1 aromatic rings. The predicted molar refractivity (Wildman–Crippen MR) is 74.3 cm³/mol. The lowest BCUT2D eigenvalue weighted by atomic mass is 10.2. The van der Waals surface area contributed by atoms with Gasteiger partial charge in [0.2, 0.25) is 0 Å². The zero-order chi connectivity index (χ0) is 13.9. The summed E-state index contributed by atoms with van der Waals surface area (Å²) in [6, 6.07) is 5.39. The molecule has 1 N–H and O–H groups in total. The summed E-state index contributed by atoms with van der Waals surface area (Å²) in [7, 11) is -1.80. The van der Waals surface area contributed by atoms with Crippen LogP contribution in [0.5, 0.6) is 5.75 Å². The SMILES string of the molecule is COc1cccc(CN2CCNCC2)c1S(C)(=O)=O. The van der Waals surface area contributed by atoms with Crippen molar-refractivity contribution in [2.24, 2.45) is 0 Å². The molecule has 1 aliphatic rings. The third-order valence-electron chi connectivity index (χ3n) is 3.25. The van der Waals surface area contributed by atoms with Crippen LogP contribution in [0.3, 0.4) is 0 Å². The van der Waals surface area contributed by atoms with Crippen LogP contribution in [0.25, 0.3) is 0 Å². The number of nitrogens with zero attached hydrogens (tertiary/aromatic N) is 1. The average Bonchev–Trinajstić information content (AvgIpc) is 2.38. The highest BCUT2D eigenvalue weighted by molar-refractivity contribution is 7.90. The second kappa shape index (κ2) is 5.90. The van der Waals surface area contributed by atoms with E-state index in [0.717, 1.165) is 31.7 Å². The van der Waals surface area contributed by atoms with Crippen LogP contribution < -0.4 is 10.1 Å². The van der Waals surface area contributed by atoms with Gasteiger partial charge in [-0.3, -0.25) is 4.90 Å². The Labute approximate surface area is 114 Å². The third kappa shape index (κ3) is 3.46. The Morgan fingerprint density at radius 1 is 1.32 bits per heavy atom. The second-order valence-corrected chi connectivity index (χ2v) is 6.70. The van der Waals surface area contributed by atoms with E-state index in [4.69, 9.17) is 4.74 Å². The highest BCUT2D eigenvalue weighted by Crippen LogP contribution is 2.28. The maximum Gasteiger partial charge on any atom is 0.179 e. The molecule has 0 atom stereocenters. The molecule has 1 aliphatic heterocycles. The summed E-state index contributed by atoms with van der Waals surface area (Å²) in [6.07, 6.45) is 1.23. The largest absolute Gasteiger partial charge is 0.495 e. The van der Waals surface area contributed by atoms with Gasteiger partial charge in [0.15, 0.2) is 9.84 Å². The maximum absolute atomic E-state index is 12.0. The van der Waals surface area contributed by atoms with Gasteiger partial charge in [0.25, 0.3) is 0 Å². The molecule has 1 fully saturated rings. The summed E-state index contributed by atoms with van der Waals surface area (Å²) in [5.41, 5.74) is 0.809. The van der Waals surface area contributed by atoms with Gasteiger partial charge in [0.1, 0.15) is 10.6 Å². The summed E-state index contributed by atoms with van der Waals surface area (Å²) in [5.74, 6) is 0.426. The molecule has 0 unspecified atom stereocenters. The second-order valence-electron chi connectivity index (χ2n) is 4.75. The zero-order valence-corrected chi connectivity index (χ0v) is 12.2. The first kappa shape index (κ1) is 14.3. The minimum absolute atomic E-state index is 0.316. The van der Waals surface area contributed by atoms with Gasteiger partial charge in [0, 0.05) is 39.0 Å². The highest BCUT2D eigenvalue weighted by atomic mass is 32.2. The number of nitrogens with one attached hydrogen (secondary N) is 1. The lowest BCUT2D eigenvalue weighted by Crippen LogP contribution is -2.43. The molecule has 6 heteroatoms. The van der Waals surface area contributed by atoms with E-state index in [-0.39, 0.29) is 0 Å². The average molecular weight is 284 g/mol. The summed E-state index contributed by atoms with van der Waals surface area (Å²) in [5, 5.41) is 3.28.